The van der Waals surface area contributed by atoms with E-state index in [4.69, 9.17) is 9.84 Å². The van der Waals surface area contributed by atoms with Crippen LogP contribution in [0.15, 0.2) is 18.2 Å². The Kier molecular flexibility index (Phi) is 3.24. The molecule has 19 heavy (non-hydrogen) atoms. The van der Waals surface area contributed by atoms with E-state index in [2.05, 4.69) is 5.32 Å². The lowest BCUT2D eigenvalue weighted by atomic mass is 9.95. The van der Waals surface area contributed by atoms with Crippen molar-refractivity contribution >= 4 is 5.97 Å². The van der Waals surface area contributed by atoms with E-state index in [1.165, 1.54) is 12.1 Å². The van der Waals surface area contributed by atoms with Gasteiger partial charge in [-0.2, -0.15) is 0 Å². The molecule has 2 aliphatic heterocycles. The first-order valence-corrected chi connectivity index (χ1v) is 6.54. The number of hydrogen-bond acceptors (Lipinski definition) is 3. The van der Waals surface area contributed by atoms with Crippen LogP contribution in [0.2, 0.25) is 0 Å². The van der Waals surface area contributed by atoms with Gasteiger partial charge in [-0.1, -0.05) is 6.07 Å². The van der Waals surface area contributed by atoms with Crippen LogP contribution in [0, 0.1) is 5.82 Å². The number of nitrogens with one attached hydrogen (secondary N) is 1. The van der Waals surface area contributed by atoms with Crippen LogP contribution in [-0.2, 0) is 11.3 Å². The van der Waals surface area contributed by atoms with Crippen molar-refractivity contribution in [1.82, 2.24) is 5.32 Å². The number of aromatic carboxylic acids is 1. The lowest BCUT2D eigenvalue weighted by Gasteiger charge is -2.20. The summed E-state index contributed by atoms with van der Waals surface area (Å²) in [5, 5.41) is 12.1. The van der Waals surface area contributed by atoms with E-state index in [0.717, 1.165) is 24.8 Å². The highest BCUT2D eigenvalue weighted by molar-refractivity contribution is 5.87. The van der Waals surface area contributed by atoms with Gasteiger partial charge in [-0.25, -0.2) is 9.18 Å². The monoisotopic (exact) mass is 265 g/mol. The average Bonchev–Trinajstić information content (AvgIpc) is 2.98. The van der Waals surface area contributed by atoms with Crippen molar-refractivity contribution in [3.63, 3.8) is 0 Å². The number of hydrogen-bond donors (Lipinski definition) is 2. The molecule has 102 valence electrons. The molecule has 0 saturated carbocycles. The molecule has 0 amide bonds. The second-order valence-electron chi connectivity index (χ2n) is 5.22. The molecule has 2 fully saturated rings. The van der Waals surface area contributed by atoms with Gasteiger partial charge in [-0.15, -0.1) is 0 Å². The Morgan fingerprint density at radius 2 is 2.32 bits per heavy atom. The molecule has 2 bridgehead atoms. The molecule has 5 heteroatoms. The molecule has 4 nitrogen and oxygen atoms in total. The van der Waals surface area contributed by atoms with Crippen LogP contribution in [0.1, 0.15) is 35.2 Å². The number of rotatable bonds is 4. The molecule has 2 aliphatic rings. The summed E-state index contributed by atoms with van der Waals surface area (Å²) in [7, 11) is 0. The highest BCUT2D eigenvalue weighted by Crippen LogP contribution is 2.34. The SMILES string of the molecule is O=C(O)c1ccc(CNC2CC3CCC2O3)cc1F. The molecule has 0 aromatic heterocycles. The number of benzene rings is 1. The summed E-state index contributed by atoms with van der Waals surface area (Å²) < 4.78 is 19.3. The third kappa shape index (κ3) is 2.48. The third-order valence-corrected chi connectivity index (χ3v) is 3.94. The van der Waals surface area contributed by atoms with Crippen LogP contribution in [0.25, 0.3) is 0 Å². The normalized spacial score (nSPS) is 28.8. The van der Waals surface area contributed by atoms with E-state index in [1.54, 1.807) is 6.07 Å². The van der Waals surface area contributed by atoms with Crippen molar-refractivity contribution in [2.24, 2.45) is 0 Å². The molecular weight excluding hydrogens is 249 g/mol. The molecule has 3 atom stereocenters. The zero-order valence-electron chi connectivity index (χ0n) is 10.4. The van der Waals surface area contributed by atoms with Crippen LogP contribution in [0.4, 0.5) is 4.39 Å². The minimum absolute atomic E-state index is 0.285. The zero-order chi connectivity index (χ0) is 13.4. The van der Waals surface area contributed by atoms with Crippen LogP contribution in [0.3, 0.4) is 0 Å². The van der Waals surface area contributed by atoms with Gasteiger partial charge in [0.15, 0.2) is 0 Å². The smallest absolute Gasteiger partial charge is 0.338 e. The number of ether oxygens (including phenoxy) is 1. The van der Waals surface area contributed by atoms with Crippen molar-refractivity contribution < 1.29 is 19.0 Å². The second-order valence-corrected chi connectivity index (χ2v) is 5.22. The summed E-state index contributed by atoms with van der Waals surface area (Å²) in [5.41, 5.74) is 0.470. The van der Waals surface area contributed by atoms with E-state index < -0.39 is 11.8 Å². The van der Waals surface area contributed by atoms with E-state index in [9.17, 15) is 9.18 Å². The van der Waals surface area contributed by atoms with Crippen LogP contribution >= 0.6 is 0 Å². The quantitative estimate of drug-likeness (QED) is 0.873. The van der Waals surface area contributed by atoms with Crippen molar-refractivity contribution in [2.45, 2.75) is 44.1 Å². The molecular formula is C14H16FNO3. The maximum absolute atomic E-state index is 13.5. The van der Waals surface area contributed by atoms with E-state index in [0.29, 0.717) is 18.7 Å². The Hall–Kier alpha value is -1.46. The van der Waals surface area contributed by atoms with Gasteiger partial charge in [-0.3, -0.25) is 0 Å². The number of carboxylic acids is 1. The first-order valence-electron chi connectivity index (χ1n) is 6.54. The van der Waals surface area contributed by atoms with Gasteiger partial charge >= 0.3 is 5.97 Å². The fourth-order valence-electron chi connectivity index (χ4n) is 2.94. The van der Waals surface area contributed by atoms with Crippen LogP contribution in [-0.4, -0.2) is 29.3 Å². The Bertz CT molecular complexity index is 505. The van der Waals surface area contributed by atoms with Crippen LogP contribution < -0.4 is 5.32 Å². The van der Waals surface area contributed by atoms with Crippen molar-refractivity contribution in [3.05, 3.63) is 35.1 Å². The van der Waals surface area contributed by atoms with Gasteiger partial charge in [0.1, 0.15) is 5.82 Å². The maximum atomic E-state index is 13.5. The average molecular weight is 265 g/mol. The van der Waals surface area contributed by atoms with E-state index in [-0.39, 0.29) is 11.7 Å². The van der Waals surface area contributed by atoms with Gasteiger partial charge < -0.3 is 15.2 Å². The molecule has 3 rings (SSSR count). The Labute approximate surface area is 110 Å². The van der Waals surface area contributed by atoms with Gasteiger partial charge in [-0.05, 0) is 37.0 Å². The fourth-order valence-corrected chi connectivity index (χ4v) is 2.94. The number of carbonyl (C=O) groups is 1. The predicted octanol–water partition coefficient (Wildman–Crippen LogP) is 1.93. The summed E-state index contributed by atoms with van der Waals surface area (Å²) >= 11 is 0. The minimum Gasteiger partial charge on any atom is -0.478 e. The minimum atomic E-state index is -1.24. The molecule has 1 aromatic carbocycles. The highest BCUT2D eigenvalue weighted by Gasteiger charge is 2.40. The molecule has 2 saturated heterocycles. The predicted molar refractivity (Wildman–Crippen MR) is 66.5 cm³/mol. The maximum Gasteiger partial charge on any atom is 0.338 e. The van der Waals surface area contributed by atoms with Gasteiger partial charge in [0.2, 0.25) is 0 Å². The Morgan fingerprint density at radius 1 is 1.47 bits per heavy atom. The highest BCUT2D eigenvalue weighted by atomic mass is 19.1. The van der Waals surface area contributed by atoms with E-state index >= 15 is 0 Å². The number of halogens is 1. The summed E-state index contributed by atoms with van der Waals surface area (Å²) in [6.45, 7) is 0.536. The summed E-state index contributed by atoms with van der Waals surface area (Å²) in [6.07, 6.45) is 3.92. The number of carboxylic acid groups (broad SMARTS) is 1. The molecule has 0 aliphatic carbocycles. The summed E-state index contributed by atoms with van der Waals surface area (Å²) in [6, 6.07) is 4.57. The molecule has 0 radical (unpaired) electrons. The van der Waals surface area contributed by atoms with Gasteiger partial charge in [0.05, 0.1) is 17.8 Å². The van der Waals surface area contributed by atoms with Crippen molar-refractivity contribution in [2.75, 3.05) is 0 Å². The van der Waals surface area contributed by atoms with Crippen molar-refractivity contribution in [3.8, 4) is 0 Å². The summed E-state index contributed by atoms with van der Waals surface area (Å²) in [5.74, 6) is -1.92. The van der Waals surface area contributed by atoms with E-state index in [1.807, 2.05) is 0 Å². The largest absolute Gasteiger partial charge is 0.478 e. The number of fused-ring (bicyclic) bond motifs is 2. The molecule has 1 aromatic rings. The zero-order valence-corrected chi connectivity index (χ0v) is 10.4. The van der Waals surface area contributed by atoms with Gasteiger partial charge in [0, 0.05) is 12.6 Å². The second kappa shape index (κ2) is 4.90. The standard InChI is InChI=1S/C14H16FNO3/c15-11-5-8(1-3-10(11)14(17)18)7-16-12-6-9-2-4-13(12)19-9/h1,3,5,9,12-13,16H,2,4,6-7H2,(H,17,18). The molecule has 2 heterocycles. The first-order chi connectivity index (χ1) is 9.13. The third-order valence-electron chi connectivity index (χ3n) is 3.94. The Morgan fingerprint density at radius 3 is 2.89 bits per heavy atom. The first kappa shape index (κ1) is 12.6. The lowest BCUT2D eigenvalue weighted by Crippen LogP contribution is -2.37. The molecule has 3 unspecified atom stereocenters. The van der Waals surface area contributed by atoms with Crippen LogP contribution in [0.5, 0.6) is 0 Å². The Balaban J connectivity index is 1.61. The van der Waals surface area contributed by atoms with Gasteiger partial charge in [0.25, 0.3) is 0 Å². The summed E-state index contributed by atoms with van der Waals surface area (Å²) in [4.78, 5) is 10.7. The molecule has 2 N–H and O–H groups in total. The van der Waals surface area contributed by atoms with Crippen molar-refractivity contribution in [1.29, 1.82) is 0 Å². The molecule has 0 spiro atoms. The topological polar surface area (TPSA) is 58.6 Å². The fraction of sp³-hybridized carbons (Fsp3) is 0.500. The lowest BCUT2D eigenvalue weighted by molar-refractivity contribution is 0.0692.